The molecule has 0 aromatic carbocycles. The van der Waals surface area contributed by atoms with Crippen LogP contribution in [0, 0.1) is 0 Å². The summed E-state index contributed by atoms with van der Waals surface area (Å²) < 4.78 is 29.1. The smallest absolute Gasteiger partial charge is 0.187 e. The van der Waals surface area contributed by atoms with Gasteiger partial charge in [-0.3, -0.25) is 0 Å². The van der Waals surface area contributed by atoms with Crippen LogP contribution in [0.1, 0.15) is 15.2 Å². The first-order valence-electron chi connectivity index (χ1n) is 7.55. The van der Waals surface area contributed by atoms with Crippen LogP contribution in [-0.2, 0) is 18.9 Å². The van der Waals surface area contributed by atoms with Crippen molar-refractivity contribution in [1.82, 2.24) is 0 Å². The summed E-state index contributed by atoms with van der Waals surface area (Å²) >= 11 is 0. The van der Waals surface area contributed by atoms with E-state index < -0.39 is 61.4 Å². The first-order valence-corrected chi connectivity index (χ1v) is 7.05. The predicted octanol–water partition coefficient (Wildman–Crippen LogP) is -2.69. The Labute approximate surface area is 129 Å². The monoisotopic (exact) mass is 325 g/mol. The Kier molecular flexibility index (Phi) is 5.28. The van der Waals surface area contributed by atoms with E-state index in [1.54, 1.807) is 0 Å². The van der Waals surface area contributed by atoms with E-state index in [2.05, 4.69) is 0 Å². The Morgan fingerprint density at radius 3 is 1.82 bits per heavy atom. The molecule has 2 heterocycles. The Morgan fingerprint density at radius 2 is 1.27 bits per heavy atom. The molecule has 0 aromatic heterocycles. The van der Waals surface area contributed by atoms with Crippen molar-refractivity contribution in [2.24, 2.45) is 0 Å². The zero-order chi connectivity index (χ0) is 17.5. The quantitative estimate of drug-likeness (QED) is 0.375. The van der Waals surface area contributed by atoms with Gasteiger partial charge in [-0.1, -0.05) is 0 Å². The largest absolute Gasteiger partial charge is 0.388 e. The van der Waals surface area contributed by atoms with Gasteiger partial charge in [-0.15, -0.1) is 0 Å². The fourth-order valence-electron chi connectivity index (χ4n) is 2.45. The fraction of sp³-hybridized carbons (Fsp3) is 1.00. The third-order valence-electron chi connectivity index (χ3n) is 3.94. The van der Waals surface area contributed by atoms with Gasteiger partial charge in [-0.25, -0.2) is 0 Å². The van der Waals surface area contributed by atoms with E-state index in [9.17, 15) is 25.5 Å². The number of ether oxygens (including phenoxy) is 4. The van der Waals surface area contributed by atoms with E-state index in [0.29, 0.717) is 0 Å². The van der Waals surface area contributed by atoms with Crippen LogP contribution < -0.4 is 0 Å². The second kappa shape index (κ2) is 7.04. The zero-order valence-electron chi connectivity index (χ0n) is 13.6. The molecule has 0 amide bonds. The SMILES string of the molecule is [2H][C@]1(O[C@@H]2O[C@@H](C)[C@H](O)[C@@H](O)[C@H]2O)[C@H](OC)O[C@@H](C)[C@H](O)[C@H]1O. The molecule has 0 unspecified atom stereocenters. The Balaban J connectivity index is 2.21. The van der Waals surface area contributed by atoms with Gasteiger partial charge in [0, 0.05) is 7.11 Å². The molecule has 0 aromatic rings. The fourth-order valence-corrected chi connectivity index (χ4v) is 2.45. The van der Waals surface area contributed by atoms with Crippen LogP contribution in [0.25, 0.3) is 0 Å². The average molecular weight is 325 g/mol. The summed E-state index contributed by atoms with van der Waals surface area (Å²) in [5.74, 6) is 0. The van der Waals surface area contributed by atoms with E-state index >= 15 is 0 Å². The van der Waals surface area contributed by atoms with Crippen molar-refractivity contribution < 1.29 is 45.9 Å². The molecule has 2 rings (SSSR count). The van der Waals surface area contributed by atoms with Gasteiger partial charge in [0.15, 0.2) is 12.6 Å². The van der Waals surface area contributed by atoms with Gasteiger partial charge in [-0.05, 0) is 13.8 Å². The molecule has 2 aliphatic rings. The van der Waals surface area contributed by atoms with E-state index in [-0.39, 0.29) is 0 Å². The normalized spacial score (nSPS) is 57.5. The number of hydrogen-bond donors (Lipinski definition) is 5. The zero-order valence-corrected chi connectivity index (χ0v) is 12.6. The van der Waals surface area contributed by atoms with Crippen LogP contribution in [0.3, 0.4) is 0 Å². The van der Waals surface area contributed by atoms with Crippen LogP contribution >= 0.6 is 0 Å². The van der Waals surface area contributed by atoms with E-state index in [4.69, 9.17) is 20.3 Å². The Morgan fingerprint density at radius 1 is 0.773 bits per heavy atom. The summed E-state index contributed by atoms with van der Waals surface area (Å²) in [6.45, 7) is 2.94. The van der Waals surface area contributed by atoms with E-state index in [1.165, 1.54) is 21.0 Å². The molecule has 5 N–H and O–H groups in total. The highest BCUT2D eigenvalue weighted by Crippen LogP contribution is 2.29. The summed E-state index contributed by atoms with van der Waals surface area (Å²) in [6.07, 6.45) is -14.6. The molecule has 2 saturated heterocycles. The van der Waals surface area contributed by atoms with Crippen LogP contribution in [0.2, 0.25) is 0 Å². The topological polar surface area (TPSA) is 138 Å². The molecule has 2 fully saturated rings. The minimum Gasteiger partial charge on any atom is -0.388 e. The van der Waals surface area contributed by atoms with Crippen molar-refractivity contribution >= 4 is 0 Å². The average Bonchev–Trinajstić information content (AvgIpc) is 2.52. The lowest BCUT2D eigenvalue weighted by molar-refractivity contribution is -0.359. The molecule has 0 spiro atoms. The van der Waals surface area contributed by atoms with Gasteiger partial charge < -0.3 is 44.5 Å². The third kappa shape index (κ3) is 3.28. The maximum atomic E-state index is 10.2. The van der Waals surface area contributed by atoms with Gasteiger partial charge >= 0.3 is 0 Å². The lowest BCUT2D eigenvalue weighted by Crippen LogP contribution is -2.63. The third-order valence-corrected chi connectivity index (χ3v) is 3.94. The van der Waals surface area contributed by atoms with Crippen molar-refractivity contribution in [3.63, 3.8) is 0 Å². The Bertz CT molecular complexity index is 409. The summed E-state index contributed by atoms with van der Waals surface area (Å²) in [5.41, 5.74) is 0. The van der Waals surface area contributed by atoms with Gasteiger partial charge in [-0.2, -0.15) is 0 Å². The summed E-state index contributed by atoms with van der Waals surface area (Å²) in [6, 6.07) is 0. The number of aliphatic hydroxyl groups excluding tert-OH is 5. The maximum Gasteiger partial charge on any atom is 0.187 e. The molecule has 0 radical (unpaired) electrons. The van der Waals surface area contributed by atoms with Crippen LogP contribution in [0.4, 0.5) is 0 Å². The van der Waals surface area contributed by atoms with E-state index in [1.807, 2.05) is 0 Å². The summed E-state index contributed by atoms with van der Waals surface area (Å²) in [5, 5.41) is 49.5. The molecule has 9 heteroatoms. The number of methoxy groups -OCH3 is 1. The molecule has 0 bridgehead atoms. The van der Waals surface area contributed by atoms with Gasteiger partial charge in [0.1, 0.15) is 36.6 Å². The molecule has 10 atom stereocenters. The van der Waals surface area contributed by atoms with Crippen LogP contribution in [0.5, 0.6) is 0 Å². The lowest BCUT2D eigenvalue weighted by atomic mass is 9.98. The van der Waals surface area contributed by atoms with Crippen molar-refractivity contribution in [1.29, 1.82) is 0 Å². The number of hydrogen-bond acceptors (Lipinski definition) is 9. The molecule has 2 aliphatic heterocycles. The number of aliphatic hydroxyl groups is 5. The lowest BCUT2D eigenvalue weighted by Gasteiger charge is -2.45. The Hall–Kier alpha value is -0.360. The highest BCUT2D eigenvalue weighted by atomic mass is 16.7. The molecular weight excluding hydrogens is 300 g/mol. The molecule has 22 heavy (non-hydrogen) atoms. The van der Waals surface area contributed by atoms with Crippen molar-refractivity contribution in [2.75, 3.05) is 7.11 Å². The first-order chi connectivity index (χ1) is 10.6. The molecule has 0 aliphatic carbocycles. The standard InChI is InChI=1S/C13H24O9/c1-4-6(14)8(16)10(18)12(20-4)22-11-9(17)7(15)5(2)21-13(11)19-3/h4-18H,1-3H3/t4-,5-,6-,7-,8+,9+,10+,11+,12-,13+/m0/s1/i11D. The highest BCUT2D eigenvalue weighted by molar-refractivity contribution is 4.92. The maximum absolute atomic E-state index is 10.2. The van der Waals surface area contributed by atoms with Gasteiger partial charge in [0.05, 0.1) is 13.6 Å². The molecule has 9 nitrogen and oxygen atoms in total. The van der Waals surface area contributed by atoms with Gasteiger partial charge in [0.25, 0.3) is 0 Å². The second-order valence-corrected chi connectivity index (χ2v) is 5.55. The number of rotatable bonds is 3. The first kappa shape index (κ1) is 16.5. The molecule has 130 valence electrons. The van der Waals surface area contributed by atoms with Crippen molar-refractivity contribution in [3.05, 3.63) is 0 Å². The highest BCUT2D eigenvalue weighted by Gasteiger charge is 2.49. The van der Waals surface area contributed by atoms with Crippen molar-refractivity contribution in [3.8, 4) is 0 Å². The second-order valence-electron chi connectivity index (χ2n) is 5.55. The van der Waals surface area contributed by atoms with Crippen LogP contribution in [0.15, 0.2) is 0 Å². The van der Waals surface area contributed by atoms with Crippen LogP contribution in [-0.4, -0.2) is 94.0 Å². The van der Waals surface area contributed by atoms with Gasteiger partial charge in [0.2, 0.25) is 0 Å². The minimum absolute atomic E-state index is 0.805. The van der Waals surface area contributed by atoms with E-state index in [0.717, 1.165) is 0 Å². The molecule has 0 saturated carbocycles. The van der Waals surface area contributed by atoms with Crippen molar-refractivity contribution in [2.45, 2.75) is 75.2 Å². The summed E-state index contributed by atoms with van der Waals surface area (Å²) in [4.78, 5) is 0. The minimum atomic E-state index is -2.31. The predicted molar refractivity (Wildman–Crippen MR) is 70.6 cm³/mol. The summed E-state index contributed by atoms with van der Waals surface area (Å²) in [7, 11) is 1.23. The molecular formula is C13H24O9.